The number of primary amides is 1. The van der Waals surface area contributed by atoms with Gasteiger partial charge in [0.25, 0.3) is 5.91 Å². The van der Waals surface area contributed by atoms with E-state index >= 15 is 0 Å². The van der Waals surface area contributed by atoms with Gasteiger partial charge in [-0.15, -0.1) is 0 Å². The smallest absolute Gasteiger partial charge is 0.372 e. The lowest BCUT2D eigenvalue weighted by Gasteiger charge is -2.37. The van der Waals surface area contributed by atoms with E-state index in [1.54, 1.807) is 23.1 Å². The minimum absolute atomic E-state index is 0.0886. The number of hydrogen-bond acceptors (Lipinski definition) is 4. The number of anilines is 1. The van der Waals surface area contributed by atoms with Crippen molar-refractivity contribution in [2.75, 3.05) is 31.1 Å². The third-order valence-electron chi connectivity index (χ3n) is 7.33. The molecule has 184 valence electrons. The molecular formula is C26H27F3N4O2. The van der Waals surface area contributed by atoms with Gasteiger partial charge < -0.3 is 15.5 Å². The van der Waals surface area contributed by atoms with Gasteiger partial charge in [-0.3, -0.25) is 9.59 Å². The van der Waals surface area contributed by atoms with Gasteiger partial charge in [-0.05, 0) is 61.4 Å². The molecular weight excluding hydrogens is 457 g/mol. The second-order valence-corrected chi connectivity index (χ2v) is 9.36. The fourth-order valence-electron chi connectivity index (χ4n) is 5.40. The lowest BCUT2D eigenvalue weighted by molar-refractivity contribution is -0.137. The van der Waals surface area contributed by atoms with Crippen molar-refractivity contribution in [3.05, 3.63) is 64.7 Å². The van der Waals surface area contributed by atoms with E-state index in [1.165, 1.54) is 6.07 Å². The molecule has 9 heteroatoms. The van der Waals surface area contributed by atoms with Crippen LogP contribution in [0.4, 0.5) is 18.9 Å². The molecule has 2 saturated heterocycles. The summed E-state index contributed by atoms with van der Waals surface area (Å²) < 4.78 is 40.1. The maximum Gasteiger partial charge on any atom is 0.417 e. The molecule has 0 bridgehead atoms. The number of rotatable bonds is 4. The van der Waals surface area contributed by atoms with Gasteiger partial charge in [-0.2, -0.15) is 18.4 Å². The van der Waals surface area contributed by atoms with Crippen LogP contribution >= 0.6 is 0 Å². The number of nitrogens with zero attached hydrogens (tertiary/aromatic N) is 3. The summed E-state index contributed by atoms with van der Waals surface area (Å²) in [6.45, 7) is 3.61. The Hall–Kier alpha value is -3.54. The number of nitriles is 1. The second-order valence-electron chi connectivity index (χ2n) is 9.36. The van der Waals surface area contributed by atoms with E-state index in [1.807, 2.05) is 30.0 Å². The highest BCUT2D eigenvalue weighted by atomic mass is 19.4. The van der Waals surface area contributed by atoms with Gasteiger partial charge in [0.05, 0.1) is 23.1 Å². The Morgan fingerprint density at radius 1 is 1.09 bits per heavy atom. The van der Waals surface area contributed by atoms with Gasteiger partial charge in [-0.25, -0.2) is 0 Å². The average Bonchev–Trinajstić information content (AvgIpc) is 3.29. The predicted octanol–water partition coefficient (Wildman–Crippen LogP) is 3.98. The fraction of sp³-hybridized carbons (Fsp3) is 0.423. The monoisotopic (exact) mass is 484 g/mol. The summed E-state index contributed by atoms with van der Waals surface area (Å²) in [6, 6.07) is 12.7. The number of nitrogens with two attached hydrogens (primary N) is 1. The van der Waals surface area contributed by atoms with Crippen LogP contribution in [0.5, 0.6) is 0 Å². The SMILES string of the molecule is Cc1ccccc1C(=O)N1CC(C(N)=O)C(C2CCN(c3ccc(C#N)c(C(F)(F)F)c3)CC2)C1. The van der Waals surface area contributed by atoms with Gasteiger partial charge >= 0.3 is 6.18 Å². The van der Waals surface area contributed by atoms with Crippen molar-refractivity contribution in [2.45, 2.75) is 25.9 Å². The zero-order valence-electron chi connectivity index (χ0n) is 19.4. The van der Waals surface area contributed by atoms with Crippen LogP contribution in [0.3, 0.4) is 0 Å². The first-order valence-electron chi connectivity index (χ1n) is 11.6. The highest BCUT2D eigenvalue weighted by molar-refractivity contribution is 5.96. The molecule has 0 saturated carbocycles. The van der Waals surface area contributed by atoms with Crippen LogP contribution in [0.25, 0.3) is 0 Å². The van der Waals surface area contributed by atoms with E-state index in [9.17, 15) is 22.8 Å². The van der Waals surface area contributed by atoms with Crippen LogP contribution < -0.4 is 10.6 Å². The summed E-state index contributed by atoms with van der Waals surface area (Å²) in [5.74, 6) is -0.967. The summed E-state index contributed by atoms with van der Waals surface area (Å²) in [6.07, 6.45) is -3.27. The first kappa shape index (κ1) is 24.6. The van der Waals surface area contributed by atoms with Crippen LogP contribution in [0.15, 0.2) is 42.5 Å². The van der Waals surface area contributed by atoms with Crippen LogP contribution in [0, 0.1) is 36.0 Å². The van der Waals surface area contributed by atoms with E-state index in [0.29, 0.717) is 43.7 Å². The van der Waals surface area contributed by atoms with Crippen molar-refractivity contribution in [1.29, 1.82) is 5.26 Å². The van der Waals surface area contributed by atoms with Crippen molar-refractivity contribution in [3.8, 4) is 6.07 Å². The first-order chi connectivity index (χ1) is 16.6. The van der Waals surface area contributed by atoms with E-state index in [4.69, 9.17) is 11.0 Å². The van der Waals surface area contributed by atoms with Crippen molar-refractivity contribution in [1.82, 2.24) is 4.90 Å². The number of benzene rings is 2. The number of halogens is 3. The summed E-state index contributed by atoms with van der Waals surface area (Å²) in [5.41, 5.74) is 6.27. The molecule has 4 rings (SSSR count). The normalized spacial score (nSPS) is 21.1. The molecule has 2 aromatic carbocycles. The molecule has 2 unspecified atom stereocenters. The topological polar surface area (TPSA) is 90.4 Å². The van der Waals surface area contributed by atoms with Crippen LogP contribution in [0.1, 0.15) is 39.9 Å². The fourth-order valence-corrected chi connectivity index (χ4v) is 5.40. The van der Waals surface area contributed by atoms with Gasteiger partial charge in [0.2, 0.25) is 5.91 Å². The Morgan fingerprint density at radius 3 is 2.37 bits per heavy atom. The highest BCUT2D eigenvalue weighted by Gasteiger charge is 2.43. The van der Waals surface area contributed by atoms with E-state index in [0.717, 1.165) is 11.6 Å². The number of hydrogen-bond donors (Lipinski definition) is 1. The molecule has 0 radical (unpaired) electrons. The molecule has 0 aromatic heterocycles. The maximum absolute atomic E-state index is 13.4. The molecule has 2 N–H and O–H groups in total. The molecule has 2 amide bonds. The number of piperidine rings is 1. The number of aryl methyl sites for hydroxylation is 1. The zero-order valence-corrected chi connectivity index (χ0v) is 19.4. The molecule has 0 spiro atoms. The zero-order chi connectivity index (χ0) is 25.3. The van der Waals surface area contributed by atoms with E-state index < -0.39 is 29.1 Å². The summed E-state index contributed by atoms with van der Waals surface area (Å²) in [5, 5.41) is 9.03. The average molecular weight is 485 g/mol. The maximum atomic E-state index is 13.4. The summed E-state index contributed by atoms with van der Waals surface area (Å²) in [4.78, 5) is 28.9. The lowest BCUT2D eigenvalue weighted by atomic mass is 9.78. The largest absolute Gasteiger partial charge is 0.417 e. The van der Waals surface area contributed by atoms with Crippen LogP contribution in [-0.2, 0) is 11.0 Å². The van der Waals surface area contributed by atoms with Gasteiger partial charge in [0, 0.05) is 37.4 Å². The first-order valence-corrected chi connectivity index (χ1v) is 11.6. The Balaban J connectivity index is 1.47. The van der Waals surface area contributed by atoms with Crippen molar-refractivity contribution in [3.63, 3.8) is 0 Å². The van der Waals surface area contributed by atoms with Gasteiger partial charge in [0.15, 0.2) is 0 Å². The number of likely N-dealkylation sites (tertiary alicyclic amines) is 1. The van der Waals surface area contributed by atoms with E-state index in [-0.39, 0.29) is 24.3 Å². The Kier molecular flexibility index (Phi) is 6.75. The molecule has 0 aliphatic carbocycles. The van der Waals surface area contributed by atoms with Crippen molar-refractivity contribution >= 4 is 17.5 Å². The molecule has 6 nitrogen and oxygen atoms in total. The number of amides is 2. The Labute approximate surface area is 202 Å². The van der Waals surface area contributed by atoms with Gasteiger partial charge in [0.1, 0.15) is 0 Å². The molecule has 2 aliphatic rings. The van der Waals surface area contributed by atoms with Crippen molar-refractivity contribution in [2.24, 2.45) is 23.5 Å². The third kappa shape index (κ3) is 4.97. The quantitative estimate of drug-likeness (QED) is 0.711. The van der Waals surface area contributed by atoms with Crippen LogP contribution in [0.2, 0.25) is 0 Å². The lowest BCUT2D eigenvalue weighted by Crippen LogP contribution is -2.40. The minimum Gasteiger partial charge on any atom is -0.372 e. The van der Waals surface area contributed by atoms with Gasteiger partial charge in [-0.1, -0.05) is 18.2 Å². The molecule has 35 heavy (non-hydrogen) atoms. The summed E-state index contributed by atoms with van der Waals surface area (Å²) >= 11 is 0. The Morgan fingerprint density at radius 2 is 1.77 bits per heavy atom. The highest BCUT2D eigenvalue weighted by Crippen LogP contribution is 2.39. The standard InChI is InChI=1S/C26H27F3N4O2/c1-16-4-2-3-5-20(16)25(35)33-14-21(22(15-33)24(31)34)17-8-10-32(11-9-17)19-7-6-18(13-30)23(12-19)26(27,28)29/h2-7,12,17,21-22H,8-11,14-15H2,1H3,(H2,31,34). The number of carbonyl (C=O) groups excluding carboxylic acids is 2. The predicted molar refractivity (Wildman–Crippen MR) is 124 cm³/mol. The Bertz CT molecular complexity index is 1170. The molecule has 2 aliphatic heterocycles. The third-order valence-corrected chi connectivity index (χ3v) is 7.33. The molecule has 2 aromatic rings. The van der Waals surface area contributed by atoms with Crippen molar-refractivity contribution < 1.29 is 22.8 Å². The molecule has 2 fully saturated rings. The van der Waals surface area contributed by atoms with Crippen LogP contribution in [-0.4, -0.2) is 42.9 Å². The second kappa shape index (κ2) is 9.61. The number of alkyl halides is 3. The summed E-state index contributed by atoms with van der Waals surface area (Å²) in [7, 11) is 0. The van der Waals surface area contributed by atoms with E-state index in [2.05, 4.69) is 0 Å². The molecule has 2 heterocycles. The minimum atomic E-state index is -4.61. The molecule has 2 atom stereocenters. The number of carbonyl (C=O) groups is 2.